The van der Waals surface area contributed by atoms with Gasteiger partial charge in [0.05, 0.1) is 6.04 Å². The van der Waals surface area contributed by atoms with Gasteiger partial charge < -0.3 is 47.5 Å². The largest absolute Gasteiger partial charge is 0.492 e. The molecular formula is C39H51N7O7. The van der Waals surface area contributed by atoms with Crippen LogP contribution < -0.4 is 42.6 Å². The SMILES string of the molecule is CC(=O)[C@@H]1Cc2ccc(OCCN)c(c2)-c2cc(ccc2OCCN)[C@H](N(C)C(=O)[C@H](CCN)NC(=O)c2ccc(C)cc2C)C(=O)N[C@@H](C)C(=O)N1. The maximum absolute atomic E-state index is 14.3. The third kappa shape index (κ3) is 9.97. The van der Waals surface area contributed by atoms with Crippen molar-refractivity contribution in [1.82, 2.24) is 20.9 Å². The summed E-state index contributed by atoms with van der Waals surface area (Å²) in [5.74, 6) is -1.69. The number of Topliss-reactive ketones (excluding diaryl/α,β-unsaturated/α-hetero) is 1. The maximum Gasteiger partial charge on any atom is 0.252 e. The highest BCUT2D eigenvalue weighted by atomic mass is 16.5. The molecule has 0 saturated carbocycles. The van der Waals surface area contributed by atoms with Crippen LogP contribution in [0.15, 0.2) is 54.6 Å². The van der Waals surface area contributed by atoms with Crippen molar-refractivity contribution in [2.45, 2.75) is 64.7 Å². The van der Waals surface area contributed by atoms with Gasteiger partial charge in [-0.05, 0) is 94.1 Å². The average Bonchev–Trinajstić information content (AvgIpc) is 3.12. The van der Waals surface area contributed by atoms with E-state index in [1.807, 2.05) is 32.0 Å². The highest BCUT2D eigenvalue weighted by molar-refractivity contribution is 6.00. The number of benzene rings is 3. The maximum atomic E-state index is 14.3. The molecule has 14 nitrogen and oxygen atoms in total. The lowest BCUT2D eigenvalue weighted by molar-refractivity contribution is -0.141. The highest BCUT2D eigenvalue weighted by Gasteiger charge is 2.36. The zero-order valence-electron chi connectivity index (χ0n) is 31.0. The minimum Gasteiger partial charge on any atom is -0.492 e. The van der Waals surface area contributed by atoms with Crippen LogP contribution in [0.1, 0.15) is 58.9 Å². The minimum atomic E-state index is -1.30. The molecule has 4 atom stereocenters. The first-order valence-electron chi connectivity index (χ1n) is 17.7. The van der Waals surface area contributed by atoms with E-state index < -0.39 is 47.8 Å². The highest BCUT2D eigenvalue weighted by Crippen LogP contribution is 2.40. The molecule has 4 bridgehead atoms. The number of hydrogen-bond donors (Lipinski definition) is 6. The number of rotatable bonds is 13. The van der Waals surface area contributed by atoms with Crippen LogP contribution >= 0.6 is 0 Å². The number of carbonyl (C=O) groups is 5. The zero-order chi connectivity index (χ0) is 38.8. The Morgan fingerprint density at radius 1 is 0.868 bits per heavy atom. The monoisotopic (exact) mass is 729 g/mol. The minimum absolute atomic E-state index is 0.0715. The van der Waals surface area contributed by atoms with Crippen LogP contribution in [0.5, 0.6) is 11.5 Å². The van der Waals surface area contributed by atoms with E-state index in [9.17, 15) is 24.0 Å². The summed E-state index contributed by atoms with van der Waals surface area (Å²) >= 11 is 0. The molecule has 14 heteroatoms. The van der Waals surface area contributed by atoms with E-state index in [1.165, 1.54) is 25.8 Å². The Kier molecular flexibility index (Phi) is 14.1. The van der Waals surface area contributed by atoms with Gasteiger partial charge in [0.2, 0.25) is 17.7 Å². The summed E-state index contributed by atoms with van der Waals surface area (Å²) in [6.07, 6.45) is 0.256. The van der Waals surface area contributed by atoms with Crippen LogP contribution in [0, 0.1) is 13.8 Å². The number of hydrogen-bond acceptors (Lipinski definition) is 10. The third-order valence-corrected chi connectivity index (χ3v) is 9.07. The Bertz CT molecular complexity index is 1830. The van der Waals surface area contributed by atoms with Gasteiger partial charge in [-0.2, -0.15) is 0 Å². The molecule has 9 N–H and O–H groups in total. The number of nitrogens with zero attached hydrogens (tertiary/aromatic N) is 1. The standard InChI is InChI=1S/C39H51N7O7/c1-22-6-9-28(23(2)18-22)37(49)44-31(12-13-40)39(51)46(5)35-27-8-11-34(53-17-15-42)30(21-27)29-19-26(7-10-33(29)52-16-14-41)20-32(25(4)47)45-36(48)24(3)43-38(35)50/h6-11,18-19,21,24,31-32,35H,12-17,20,40-42H2,1-5H3,(H,43,50)(H,44,49)(H,45,48)/t24-,31-,32-,35-/m0/s1. The van der Waals surface area contributed by atoms with E-state index in [0.717, 1.165) is 16.7 Å². The van der Waals surface area contributed by atoms with Crippen LogP contribution in [-0.4, -0.2) is 92.3 Å². The smallest absolute Gasteiger partial charge is 0.252 e. The molecular weight excluding hydrogens is 678 g/mol. The number of ketones is 1. The molecule has 0 spiro atoms. The number of nitrogens with one attached hydrogen (secondary N) is 3. The summed E-state index contributed by atoms with van der Waals surface area (Å²) in [4.78, 5) is 69.4. The number of carbonyl (C=O) groups excluding carboxylic acids is 5. The fourth-order valence-electron chi connectivity index (χ4n) is 6.27. The topological polar surface area (TPSA) is 221 Å². The van der Waals surface area contributed by atoms with Crippen LogP contribution in [0.25, 0.3) is 11.1 Å². The van der Waals surface area contributed by atoms with Gasteiger partial charge in [0.1, 0.15) is 42.8 Å². The fourth-order valence-corrected chi connectivity index (χ4v) is 6.27. The molecule has 4 rings (SSSR count). The van der Waals surface area contributed by atoms with Gasteiger partial charge in [0.15, 0.2) is 5.78 Å². The predicted molar refractivity (Wildman–Crippen MR) is 201 cm³/mol. The van der Waals surface area contributed by atoms with Crippen LogP contribution in [0.2, 0.25) is 0 Å². The van der Waals surface area contributed by atoms with Crippen molar-refractivity contribution in [3.63, 3.8) is 0 Å². The number of ether oxygens (including phenoxy) is 2. The average molecular weight is 730 g/mol. The van der Waals surface area contributed by atoms with Crippen LogP contribution in [0.4, 0.5) is 0 Å². The van der Waals surface area contributed by atoms with Gasteiger partial charge in [0, 0.05) is 36.8 Å². The first kappa shape index (κ1) is 40.5. The summed E-state index contributed by atoms with van der Waals surface area (Å²) in [7, 11) is 1.45. The molecule has 4 amide bonds. The number of likely N-dealkylation sites (N-methyl/N-ethyl adjacent to an activating group) is 1. The first-order chi connectivity index (χ1) is 25.3. The van der Waals surface area contributed by atoms with E-state index in [4.69, 9.17) is 26.7 Å². The molecule has 0 fully saturated rings. The van der Waals surface area contributed by atoms with Crippen LogP contribution in [0.3, 0.4) is 0 Å². The van der Waals surface area contributed by atoms with Gasteiger partial charge >= 0.3 is 0 Å². The van der Waals surface area contributed by atoms with Gasteiger partial charge in [-0.1, -0.05) is 29.8 Å². The predicted octanol–water partition coefficient (Wildman–Crippen LogP) is 1.43. The Morgan fingerprint density at radius 3 is 2.11 bits per heavy atom. The molecule has 0 unspecified atom stereocenters. The van der Waals surface area contributed by atoms with E-state index in [1.54, 1.807) is 36.4 Å². The fraction of sp³-hybridized carbons (Fsp3) is 0.410. The van der Waals surface area contributed by atoms with Crippen molar-refractivity contribution in [2.75, 3.05) is 39.9 Å². The van der Waals surface area contributed by atoms with Crippen molar-refractivity contribution < 1.29 is 33.4 Å². The molecule has 3 aromatic rings. The van der Waals surface area contributed by atoms with Crippen molar-refractivity contribution in [1.29, 1.82) is 0 Å². The molecule has 0 radical (unpaired) electrons. The zero-order valence-corrected chi connectivity index (χ0v) is 31.0. The Morgan fingerprint density at radius 2 is 1.51 bits per heavy atom. The summed E-state index contributed by atoms with van der Waals surface area (Å²) in [5.41, 5.74) is 21.8. The molecule has 0 aliphatic carbocycles. The van der Waals surface area contributed by atoms with Crippen molar-refractivity contribution in [3.05, 3.63) is 82.4 Å². The Hall–Kier alpha value is -5.31. The Balaban J connectivity index is 1.88. The quantitative estimate of drug-likeness (QED) is 0.149. The number of nitrogens with two attached hydrogens (primary N) is 3. The summed E-state index contributed by atoms with van der Waals surface area (Å²) in [5, 5.41) is 8.31. The molecule has 3 aromatic carbocycles. The van der Waals surface area contributed by atoms with E-state index in [2.05, 4.69) is 16.0 Å². The molecule has 0 aromatic heterocycles. The van der Waals surface area contributed by atoms with E-state index in [0.29, 0.717) is 33.8 Å². The molecule has 1 aliphatic rings. The second-order valence-corrected chi connectivity index (χ2v) is 13.2. The van der Waals surface area contributed by atoms with Gasteiger partial charge in [-0.3, -0.25) is 24.0 Å². The normalized spacial score (nSPS) is 17.8. The van der Waals surface area contributed by atoms with E-state index in [-0.39, 0.29) is 51.5 Å². The second kappa shape index (κ2) is 18.4. The molecule has 1 aliphatic heterocycles. The van der Waals surface area contributed by atoms with Crippen molar-refractivity contribution >= 4 is 29.4 Å². The number of aryl methyl sites for hydroxylation is 2. The lowest BCUT2D eigenvalue weighted by Gasteiger charge is -2.32. The second-order valence-electron chi connectivity index (χ2n) is 13.2. The summed E-state index contributed by atoms with van der Waals surface area (Å²) < 4.78 is 12.1. The van der Waals surface area contributed by atoms with Crippen LogP contribution in [-0.2, 0) is 25.6 Å². The van der Waals surface area contributed by atoms with Gasteiger partial charge in [-0.15, -0.1) is 0 Å². The van der Waals surface area contributed by atoms with Gasteiger partial charge in [0.25, 0.3) is 5.91 Å². The van der Waals surface area contributed by atoms with E-state index >= 15 is 0 Å². The molecule has 53 heavy (non-hydrogen) atoms. The summed E-state index contributed by atoms with van der Waals surface area (Å²) in [6, 6.07) is 11.4. The summed E-state index contributed by atoms with van der Waals surface area (Å²) in [6.45, 7) is 7.53. The lowest BCUT2D eigenvalue weighted by atomic mass is 9.93. The van der Waals surface area contributed by atoms with Gasteiger partial charge in [-0.25, -0.2) is 0 Å². The number of amides is 4. The first-order valence-corrected chi connectivity index (χ1v) is 17.7. The van der Waals surface area contributed by atoms with Crippen molar-refractivity contribution in [2.24, 2.45) is 17.2 Å². The lowest BCUT2D eigenvalue weighted by Crippen LogP contribution is -2.55. The molecule has 0 saturated heterocycles. The molecule has 284 valence electrons. The van der Waals surface area contributed by atoms with Crippen molar-refractivity contribution in [3.8, 4) is 22.6 Å². The third-order valence-electron chi connectivity index (χ3n) is 9.07. The number of fused-ring (bicyclic) bond motifs is 5. The molecule has 1 heterocycles. The Labute approximate surface area is 310 Å².